The Bertz CT molecular complexity index is 837. The van der Waals surface area contributed by atoms with Crippen LogP contribution in [-0.4, -0.2) is 9.97 Å². The zero-order chi connectivity index (χ0) is 15.0. The number of aromatic amines is 1. The topological polar surface area (TPSA) is 45.8 Å². The van der Waals surface area contributed by atoms with Crippen LogP contribution >= 0.6 is 22.9 Å². The summed E-state index contributed by atoms with van der Waals surface area (Å²) in [4.78, 5) is 21.7. The molecule has 1 aromatic carbocycles. The van der Waals surface area contributed by atoms with Crippen molar-refractivity contribution in [3.8, 4) is 11.1 Å². The first-order valence-corrected chi connectivity index (χ1v) is 8.12. The highest BCUT2D eigenvalue weighted by Crippen LogP contribution is 2.36. The molecule has 0 saturated heterocycles. The number of benzene rings is 1. The molecule has 108 valence electrons. The maximum atomic E-state index is 12.5. The van der Waals surface area contributed by atoms with Crippen LogP contribution in [0, 0.1) is 0 Å². The molecule has 1 unspecified atom stereocenters. The lowest BCUT2D eigenvalue weighted by Crippen LogP contribution is -2.11. The van der Waals surface area contributed by atoms with Gasteiger partial charge in [-0.1, -0.05) is 37.3 Å². The number of halogens is 1. The van der Waals surface area contributed by atoms with Gasteiger partial charge < -0.3 is 4.98 Å². The molecule has 21 heavy (non-hydrogen) atoms. The summed E-state index contributed by atoms with van der Waals surface area (Å²) >= 11 is 7.62. The van der Waals surface area contributed by atoms with Crippen LogP contribution in [0.1, 0.15) is 29.9 Å². The van der Waals surface area contributed by atoms with E-state index >= 15 is 0 Å². The number of hydrogen-bond acceptors (Lipinski definition) is 3. The first kappa shape index (κ1) is 14.3. The van der Waals surface area contributed by atoms with Crippen LogP contribution in [0.25, 0.3) is 21.3 Å². The molecule has 0 aliphatic rings. The van der Waals surface area contributed by atoms with E-state index in [0.29, 0.717) is 11.2 Å². The Kier molecular flexibility index (Phi) is 3.83. The number of nitrogens with one attached hydrogen (secondary N) is 1. The van der Waals surface area contributed by atoms with E-state index in [9.17, 15) is 4.79 Å². The second-order valence-corrected chi connectivity index (χ2v) is 6.61. The number of fused-ring (bicyclic) bond motifs is 1. The summed E-state index contributed by atoms with van der Waals surface area (Å²) in [7, 11) is 0. The molecule has 0 aliphatic heterocycles. The van der Waals surface area contributed by atoms with Crippen LogP contribution in [0.15, 0.2) is 35.1 Å². The van der Waals surface area contributed by atoms with Gasteiger partial charge >= 0.3 is 0 Å². The number of rotatable bonds is 3. The van der Waals surface area contributed by atoms with Crippen molar-refractivity contribution in [1.29, 1.82) is 0 Å². The standard InChI is InChI=1S/C16H15ClN2OS/c1-3-11-12(10-7-5-4-6-8-10)13-15(20)18-14(9(2)17)19-16(13)21-11/h4-9H,3H2,1-2H3,(H,18,19,20). The Labute approximate surface area is 131 Å². The van der Waals surface area contributed by atoms with E-state index in [-0.39, 0.29) is 10.9 Å². The molecule has 0 saturated carbocycles. The van der Waals surface area contributed by atoms with Gasteiger partial charge in [-0.25, -0.2) is 4.98 Å². The van der Waals surface area contributed by atoms with Gasteiger partial charge in [0, 0.05) is 10.4 Å². The predicted octanol–water partition coefficient (Wildman–Crippen LogP) is 4.51. The molecule has 0 spiro atoms. The Morgan fingerprint density at radius 1 is 1.33 bits per heavy atom. The van der Waals surface area contributed by atoms with Crippen LogP contribution in [-0.2, 0) is 6.42 Å². The second kappa shape index (κ2) is 5.62. The van der Waals surface area contributed by atoms with Gasteiger partial charge in [-0.2, -0.15) is 0 Å². The molecule has 1 N–H and O–H groups in total. The average molecular weight is 319 g/mol. The van der Waals surface area contributed by atoms with E-state index < -0.39 is 0 Å². The van der Waals surface area contributed by atoms with E-state index in [0.717, 1.165) is 22.4 Å². The van der Waals surface area contributed by atoms with Crippen molar-refractivity contribution in [2.24, 2.45) is 0 Å². The van der Waals surface area contributed by atoms with Gasteiger partial charge in [0.2, 0.25) is 0 Å². The number of aryl methyl sites for hydroxylation is 1. The SMILES string of the molecule is CCc1sc2nc(C(C)Cl)[nH]c(=O)c2c1-c1ccccc1. The second-order valence-electron chi connectivity index (χ2n) is 4.87. The van der Waals surface area contributed by atoms with Crippen LogP contribution in [0.2, 0.25) is 0 Å². The van der Waals surface area contributed by atoms with E-state index in [4.69, 9.17) is 11.6 Å². The summed E-state index contributed by atoms with van der Waals surface area (Å²) in [5.41, 5.74) is 1.94. The Hall–Kier alpha value is -1.65. The summed E-state index contributed by atoms with van der Waals surface area (Å²) in [5.74, 6) is 0.526. The molecule has 0 radical (unpaired) electrons. The maximum absolute atomic E-state index is 12.5. The van der Waals surface area contributed by atoms with Crippen molar-refractivity contribution < 1.29 is 0 Å². The van der Waals surface area contributed by atoms with Gasteiger partial charge in [0.05, 0.1) is 10.8 Å². The Morgan fingerprint density at radius 2 is 2.05 bits per heavy atom. The molecule has 0 aliphatic carbocycles. The van der Waals surface area contributed by atoms with E-state index in [2.05, 4.69) is 16.9 Å². The summed E-state index contributed by atoms with van der Waals surface area (Å²) < 4.78 is 0. The summed E-state index contributed by atoms with van der Waals surface area (Å²) in [6, 6.07) is 9.99. The summed E-state index contributed by atoms with van der Waals surface area (Å²) in [5, 5.41) is 0.360. The van der Waals surface area contributed by atoms with Crippen LogP contribution < -0.4 is 5.56 Å². The molecule has 2 aromatic heterocycles. The minimum Gasteiger partial charge on any atom is -0.309 e. The lowest BCUT2D eigenvalue weighted by Gasteiger charge is -2.04. The molecular weight excluding hydrogens is 304 g/mol. The molecule has 5 heteroatoms. The minimum atomic E-state index is -0.311. The number of hydrogen-bond donors (Lipinski definition) is 1. The molecule has 0 fully saturated rings. The van der Waals surface area contributed by atoms with Crippen molar-refractivity contribution >= 4 is 33.2 Å². The van der Waals surface area contributed by atoms with Crippen molar-refractivity contribution in [3.05, 3.63) is 51.4 Å². The van der Waals surface area contributed by atoms with Crippen molar-refractivity contribution in [1.82, 2.24) is 9.97 Å². The zero-order valence-corrected chi connectivity index (χ0v) is 13.4. The highest BCUT2D eigenvalue weighted by Gasteiger charge is 2.18. The highest BCUT2D eigenvalue weighted by atomic mass is 35.5. The quantitative estimate of drug-likeness (QED) is 0.722. The van der Waals surface area contributed by atoms with Gasteiger partial charge in [0.1, 0.15) is 10.7 Å². The van der Waals surface area contributed by atoms with E-state index in [1.54, 1.807) is 18.3 Å². The van der Waals surface area contributed by atoms with E-state index in [1.807, 2.05) is 30.3 Å². The monoisotopic (exact) mass is 318 g/mol. The molecule has 2 heterocycles. The number of alkyl halides is 1. The third kappa shape index (κ3) is 2.49. The predicted molar refractivity (Wildman–Crippen MR) is 89.3 cm³/mol. The van der Waals surface area contributed by atoms with Crippen LogP contribution in [0.4, 0.5) is 0 Å². The fourth-order valence-electron chi connectivity index (χ4n) is 2.42. The fourth-order valence-corrected chi connectivity index (χ4v) is 3.66. The molecular formula is C16H15ClN2OS. The van der Waals surface area contributed by atoms with E-state index in [1.165, 1.54) is 4.88 Å². The largest absolute Gasteiger partial charge is 0.309 e. The van der Waals surface area contributed by atoms with Gasteiger partial charge in [0.25, 0.3) is 5.56 Å². The lowest BCUT2D eigenvalue weighted by atomic mass is 10.0. The molecule has 0 bridgehead atoms. The third-order valence-corrected chi connectivity index (χ3v) is 4.85. The van der Waals surface area contributed by atoms with Gasteiger partial charge in [0.15, 0.2) is 0 Å². The molecule has 3 nitrogen and oxygen atoms in total. The number of H-pyrrole nitrogens is 1. The van der Waals surface area contributed by atoms with Crippen LogP contribution in [0.3, 0.4) is 0 Å². The molecule has 0 amide bonds. The summed E-state index contributed by atoms with van der Waals surface area (Å²) in [6.07, 6.45) is 0.871. The molecule has 3 rings (SSSR count). The summed E-state index contributed by atoms with van der Waals surface area (Å²) in [6.45, 7) is 3.90. The average Bonchev–Trinajstić information content (AvgIpc) is 2.87. The van der Waals surface area contributed by atoms with Gasteiger partial charge in [-0.3, -0.25) is 4.79 Å². The normalized spacial score (nSPS) is 12.7. The molecule has 1 atom stereocenters. The number of aromatic nitrogens is 2. The molecule has 3 aromatic rings. The third-order valence-electron chi connectivity index (χ3n) is 3.41. The highest BCUT2D eigenvalue weighted by molar-refractivity contribution is 7.19. The Balaban J connectivity index is 2.36. The smallest absolute Gasteiger partial charge is 0.260 e. The van der Waals surface area contributed by atoms with Crippen LogP contribution in [0.5, 0.6) is 0 Å². The van der Waals surface area contributed by atoms with Crippen molar-refractivity contribution in [2.45, 2.75) is 25.6 Å². The van der Waals surface area contributed by atoms with Crippen molar-refractivity contribution in [2.75, 3.05) is 0 Å². The Morgan fingerprint density at radius 3 is 2.67 bits per heavy atom. The van der Waals surface area contributed by atoms with Crippen molar-refractivity contribution in [3.63, 3.8) is 0 Å². The minimum absolute atomic E-state index is 0.114. The fraction of sp³-hybridized carbons (Fsp3) is 0.250. The lowest BCUT2D eigenvalue weighted by molar-refractivity contribution is 0.917. The maximum Gasteiger partial charge on any atom is 0.260 e. The van der Waals surface area contributed by atoms with Gasteiger partial charge in [-0.05, 0) is 18.9 Å². The van der Waals surface area contributed by atoms with Gasteiger partial charge in [-0.15, -0.1) is 22.9 Å². The zero-order valence-electron chi connectivity index (χ0n) is 11.8. The first-order chi connectivity index (χ1) is 10.1. The number of nitrogens with zero attached hydrogens (tertiary/aromatic N) is 1. The first-order valence-electron chi connectivity index (χ1n) is 6.87. The number of thiophene rings is 1.